The molecule has 20 heavy (non-hydrogen) atoms. The average molecular weight is 305 g/mol. The Morgan fingerprint density at radius 1 is 1.45 bits per heavy atom. The van der Waals surface area contributed by atoms with E-state index < -0.39 is 0 Å². The molecular formula is C13H15N5S2. The van der Waals surface area contributed by atoms with Gasteiger partial charge in [-0.15, -0.1) is 11.3 Å². The summed E-state index contributed by atoms with van der Waals surface area (Å²) in [6.07, 6.45) is 4.59. The normalized spacial score (nSPS) is 12.9. The smallest absolute Gasteiger partial charge is 0.194 e. The Kier molecular flexibility index (Phi) is 3.73. The Morgan fingerprint density at radius 2 is 2.30 bits per heavy atom. The largest absolute Gasteiger partial charge is 0.328 e. The van der Waals surface area contributed by atoms with E-state index in [1.54, 1.807) is 17.5 Å². The van der Waals surface area contributed by atoms with Crippen molar-refractivity contribution in [3.05, 3.63) is 35.2 Å². The lowest BCUT2D eigenvalue weighted by Crippen LogP contribution is -2.19. The van der Waals surface area contributed by atoms with E-state index in [-0.39, 0.29) is 6.04 Å². The number of imidazole rings is 1. The lowest BCUT2D eigenvalue weighted by atomic mass is 10.2. The molecular weight excluding hydrogens is 290 g/mol. The molecule has 0 aliphatic carbocycles. The van der Waals surface area contributed by atoms with Crippen LogP contribution in [0.15, 0.2) is 34.0 Å². The number of nitrogens with two attached hydrogens (primary N) is 1. The Morgan fingerprint density at radius 3 is 3.05 bits per heavy atom. The fraction of sp³-hybridized carbons (Fsp3) is 0.308. The van der Waals surface area contributed by atoms with Gasteiger partial charge in [0.15, 0.2) is 10.1 Å². The number of thiazole rings is 1. The van der Waals surface area contributed by atoms with Crippen molar-refractivity contribution < 1.29 is 0 Å². The highest BCUT2D eigenvalue weighted by Gasteiger charge is 2.16. The van der Waals surface area contributed by atoms with Crippen LogP contribution in [0, 0.1) is 6.92 Å². The molecule has 104 valence electrons. The van der Waals surface area contributed by atoms with Crippen LogP contribution in [-0.2, 0) is 6.42 Å². The molecule has 3 aromatic heterocycles. The van der Waals surface area contributed by atoms with Crippen molar-refractivity contribution >= 4 is 28.1 Å². The zero-order chi connectivity index (χ0) is 14.1. The summed E-state index contributed by atoms with van der Waals surface area (Å²) in [5.74, 6) is 0. The summed E-state index contributed by atoms with van der Waals surface area (Å²) in [4.78, 5) is 14.3. The van der Waals surface area contributed by atoms with Gasteiger partial charge in [-0.3, -0.25) is 4.40 Å². The molecule has 2 N–H and O–H groups in total. The molecule has 0 saturated carbocycles. The Bertz CT molecular complexity index is 731. The van der Waals surface area contributed by atoms with Gasteiger partial charge in [0, 0.05) is 35.9 Å². The molecule has 1 atom stereocenters. The fourth-order valence-corrected chi connectivity index (χ4v) is 3.65. The van der Waals surface area contributed by atoms with Gasteiger partial charge in [-0.25, -0.2) is 15.0 Å². The summed E-state index contributed by atoms with van der Waals surface area (Å²) in [5, 5.41) is 3.70. The minimum absolute atomic E-state index is 0.0903. The van der Waals surface area contributed by atoms with E-state index in [4.69, 9.17) is 5.73 Å². The maximum absolute atomic E-state index is 5.95. The fourth-order valence-electron chi connectivity index (χ4n) is 1.95. The predicted octanol–water partition coefficient (Wildman–Crippen LogP) is 2.54. The first-order valence-electron chi connectivity index (χ1n) is 6.31. The van der Waals surface area contributed by atoms with Crippen LogP contribution < -0.4 is 5.73 Å². The molecule has 0 radical (unpaired) electrons. The number of rotatable bonds is 4. The second-order valence-corrected chi connectivity index (χ2v) is 6.51. The molecule has 3 rings (SSSR count). The zero-order valence-electron chi connectivity index (χ0n) is 11.3. The summed E-state index contributed by atoms with van der Waals surface area (Å²) >= 11 is 3.12. The number of aryl methyl sites for hydroxylation is 1. The molecule has 0 amide bonds. The van der Waals surface area contributed by atoms with Crippen molar-refractivity contribution in [2.24, 2.45) is 5.73 Å². The summed E-state index contributed by atoms with van der Waals surface area (Å²) in [6.45, 7) is 3.96. The molecule has 1 unspecified atom stereocenters. The Balaban J connectivity index is 1.99. The monoisotopic (exact) mass is 305 g/mol. The first-order chi connectivity index (χ1) is 9.63. The van der Waals surface area contributed by atoms with Gasteiger partial charge in [-0.1, -0.05) is 0 Å². The average Bonchev–Trinajstić information content (AvgIpc) is 2.93. The van der Waals surface area contributed by atoms with Crippen molar-refractivity contribution in [3.63, 3.8) is 0 Å². The van der Waals surface area contributed by atoms with E-state index in [1.165, 1.54) is 11.8 Å². The minimum Gasteiger partial charge on any atom is -0.328 e. The van der Waals surface area contributed by atoms with Crippen molar-refractivity contribution in [3.8, 4) is 0 Å². The highest BCUT2D eigenvalue weighted by molar-refractivity contribution is 7.99. The number of hydrogen-bond acceptors (Lipinski definition) is 6. The van der Waals surface area contributed by atoms with Crippen LogP contribution >= 0.6 is 23.1 Å². The van der Waals surface area contributed by atoms with Gasteiger partial charge in [-0.05, 0) is 31.7 Å². The van der Waals surface area contributed by atoms with Crippen LogP contribution in [0.25, 0.3) is 4.96 Å². The predicted molar refractivity (Wildman–Crippen MR) is 81.3 cm³/mol. The van der Waals surface area contributed by atoms with Crippen LogP contribution in [-0.4, -0.2) is 25.4 Å². The Hall–Kier alpha value is -1.44. The lowest BCUT2D eigenvalue weighted by molar-refractivity contribution is 0.705. The third-order valence-electron chi connectivity index (χ3n) is 2.80. The van der Waals surface area contributed by atoms with Gasteiger partial charge in [0.1, 0.15) is 5.03 Å². The van der Waals surface area contributed by atoms with Crippen LogP contribution in [0.5, 0.6) is 0 Å². The van der Waals surface area contributed by atoms with Crippen molar-refractivity contribution in [1.29, 1.82) is 0 Å². The minimum atomic E-state index is 0.0903. The number of fused-ring (bicyclic) bond motifs is 1. The van der Waals surface area contributed by atoms with Gasteiger partial charge < -0.3 is 5.73 Å². The number of aromatic nitrogens is 4. The van der Waals surface area contributed by atoms with Gasteiger partial charge >= 0.3 is 0 Å². The maximum atomic E-state index is 5.95. The lowest BCUT2D eigenvalue weighted by Gasteiger charge is -2.06. The number of nitrogens with zero attached hydrogens (tertiary/aromatic N) is 4. The van der Waals surface area contributed by atoms with Gasteiger partial charge in [-0.2, -0.15) is 0 Å². The topological polar surface area (TPSA) is 69.1 Å². The van der Waals surface area contributed by atoms with E-state index in [0.29, 0.717) is 0 Å². The van der Waals surface area contributed by atoms with E-state index in [9.17, 15) is 0 Å². The van der Waals surface area contributed by atoms with Crippen molar-refractivity contribution in [2.75, 3.05) is 0 Å². The standard InChI is InChI=1S/C13H15N5S2/c1-8(14)7-10-11(17-13-18(10)5-6-19-13)20-12-15-4-3-9(2)16-12/h3-6,8H,7,14H2,1-2H3. The van der Waals surface area contributed by atoms with Crippen molar-refractivity contribution in [1.82, 2.24) is 19.4 Å². The molecule has 7 heteroatoms. The van der Waals surface area contributed by atoms with Crippen molar-refractivity contribution in [2.45, 2.75) is 36.5 Å². The van der Waals surface area contributed by atoms with Crippen LogP contribution in [0.4, 0.5) is 0 Å². The number of hydrogen-bond donors (Lipinski definition) is 1. The second-order valence-electron chi connectivity index (χ2n) is 4.68. The molecule has 3 aromatic rings. The van der Waals surface area contributed by atoms with Gasteiger partial charge in [0.2, 0.25) is 0 Å². The van der Waals surface area contributed by atoms with E-state index in [1.807, 2.05) is 31.5 Å². The molecule has 0 bridgehead atoms. The van der Waals surface area contributed by atoms with Gasteiger partial charge in [0.05, 0.1) is 5.69 Å². The van der Waals surface area contributed by atoms with Crippen LogP contribution in [0.3, 0.4) is 0 Å². The summed E-state index contributed by atoms with van der Waals surface area (Å²) in [7, 11) is 0. The highest BCUT2D eigenvalue weighted by Crippen LogP contribution is 2.30. The molecule has 0 fully saturated rings. The van der Waals surface area contributed by atoms with Gasteiger partial charge in [0.25, 0.3) is 0 Å². The first kappa shape index (κ1) is 13.5. The second kappa shape index (κ2) is 5.51. The molecule has 3 heterocycles. The van der Waals surface area contributed by atoms with E-state index in [2.05, 4.69) is 19.4 Å². The first-order valence-corrected chi connectivity index (χ1v) is 8.00. The third kappa shape index (κ3) is 2.70. The maximum Gasteiger partial charge on any atom is 0.194 e. The molecule has 0 saturated heterocycles. The quantitative estimate of drug-likeness (QED) is 0.750. The van der Waals surface area contributed by atoms with Crippen LogP contribution in [0.2, 0.25) is 0 Å². The molecule has 0 aromatic carbocycles. The highest BCUT2D eigenvalue weighted by atomic mass is 32.2. The summed E-state index contributed by atoms with van der Waals surface area (Å²) in [5.41, 5.74) is 8.04. The summed E-state index contributed by atoms with van der Waals surface area (Å²) in [6, 6.07) is 1.98. The third-order valence-corrected chi connectivity index (χ3v) is 4.46. The molecule has 5 nitrogen and oxygen atoms in total. The molecule has 0 spiro atoms. The van der Waals surface area contributed by atoms with E-state index >= 15 is 0 Å². The molecule has 0 aliphatic heterocycles. The van der Waals surface area contributed by atoms with E-state index in [0.717, 1.165) is 33.0 Å². The SMILES string of the molecule is Cc1ccnc(Sc2nc3sccn3c2CC(C)N)n1. The summed E-state index contributed by atoms with van der Waals surface area (Å²) < 4.78 is 2.10. The Labute approximate surface area is 125 Å². The molecule has 0 aliphatic rings. The zero-order valence-corrected chi connectivity index (χ0v) is 12.9. The van der Waals surface area contributed by atoms with Crippen LogP contribution in [0.1, 0.15) is 18.3 Å².